The molecule has 1 aromatic carbocycles. The van der Waals surface area contributed by atoms with Crippen LogP contribution in [0.3, 0.4) is 0 Å². The maximum Gasteiger partial charge on any atom is 0.254 e. The molecule has 2 aromatic rings. The second-order valence-corrected chi connectivity index (χ2v) is 6.67. The molecular weight excluding hydrogens is 304 g/mol. The van der Waals surface area contributed by atoms with Gasteiger partial charge in [-0.05, 0) is 50.5 Å². The Morgan fingerprint density at radius 2 is 2.25 bits per heavy atom. The van der Waals surface area contributed by atoms with Gasteiger partial charge in [0.25, 0.3) is 5.91 Å². The molecule has 2 aliphatic rings. The third-order valence-electron chi connectivity index (χ3n) is 5.20. The standard InChI is InChI=1S/C19H24N2O3/c1-2-23-12-15-4-6-17-18(24-15)8-10-21(17)19(22)14-3-5-16-13(11-14)7-9-20-16/h3,5,7,9,11,15,17-18,20H,2,4,6,8,10,12H2,1H3/t15-,17?,18?/m1/s1. The van der Waals surface area contributed by atoms with E-state index in [9.17, 15) is 4.79 Å². The first-order valence-corrected chi connectivity index (χ1v) is 8.87. The van der Waals surface area contributed by atoms with Gasteiger partial charge >= 0.3 is 0 Å². The number of H-pyrrole nitrogens is 1. The number of hydrogen-bond acceptors (Lipinski definition) is 3. The lowest BCUT2D eigenvalue weighted by Crippen LogP contribution is -2.45. The van der Waals surface area contributed by atoms with Crippen molar-refractivity contribution in [2.45, 2.75) is 44.4 Å². The van der Waals surface area contributed by atoms with Crippen molar-refractivity contribution in [3.05, 3.63) is 36.0 Å². The number of hydrogen-bond donors (Lipinski definition) is 1. The Bertz CT molecular complexity index is 726. The maximum atomic E-state index is 13.0. The number of aromatic nitrogens is 1. The van der Waals surface area contributed by atoms with E-state index in [0.29, 0.717) is 6.61 Å². The van der Waals surface area contributed by atoms with Crippen LogP contribution in [0.25, 0.3) is 10.9 Å². The van der Waals surface area contributed by atoms with Gasteiger partial charge in [0, 0.05) is 35.8 Å². The molecule has 2 unspecified atom stereocenters. The molecule has 0 aliphatic carbocycles. The van der Waals surface area contributed by atoms with Crippen LogP contribution in [-0.4, -0.2) is 53.8 Å². The van der Waals surface area contributed by atoms with Crippen molar-refractivity contribution < 1.29 is 14.3 Å². The number of carbonyl (C=O) groups excluding carboxylic acids is 1. The summed E-state index contributed by atoms with van der Waals surface area (Å²) in [7, 11) is 0. The Balaban J connectivity index is 1.46. The van der Waals surface area contributed by atoms with Crippen molar-refractivity contribution >= 4 is 16.8 Å². The van der Waals surface area contributed by atoms with Crippen LogP contribution in [0, 0.1) is 0 Å². The number of amides is 1. The smallest absolute Gasteiger partial charge is 0.254 e. The van der Waals surface area contributed by atoms with Gasteiger partial charge < -0.3 is 19.4 Å². The lowest BCUT2D eigenvalue weighted by atomic mass is 9.99. The second kappa shape index (κ2) is 6.57. The van der Waals surface area contributed by atoms with Crippen LogP contribution in [0.15, 0.2) is 30.5 Å². The van der Waals surface area contributed by atoms with Crippen LogP contribution in [-0.2, 0) is 9.47 Å². The molecule has 3 atom stereocenters. The maximum absolute atomic E-state index is 13.0. The Kier molecular flexibility index (Phi) is 4.29. The summed E-state index contributed by atoms with van der Waals surface area (Å²) in [6.07, 6.45) is 5.12. The number of carbonyl (C=O) groups is 1. The van der Waals surface area contributed by atoms with E-state index < -0.39 is 0 Å². The van der Waals surface area contributed by atoms with Gasteiger partial charge in [-0.1, -0.05) is 0 Å². The number of nitrogens with one attached hydrogen (secondary N) is 1. The zero-order valence-corrected chi connectivity index (χ0v) is 14.0. The van der Waals surface area contributed by atoms with Crippen molar-refractivity contribution in [3.63, 3.8) is 0 Å². The van der Waals surface area contributed by atoms with Crippen LogP contribution in [0.1, 0.15) is 36.5 Å². The number of likely N-dealkylation sites (tertiary alicyclic amines) is 1. The highest BCUT2D eigenvalue weighted by Gasteiger charge is 2.42. The summed E-state index contributed by atoms with van der Waals surface area (Å²) < 4.78 is 11.7. The Morgan fingerprint density at radius 3 is 3.12 bits per heavy atom. The van der Waals surface area contributed by atoms with Crippen LogP contribution in [0.4, 0.5) is 0 Å². The number of ether oxygens (including phenoxy) is 2. The van der Waals surface area contributed by atoms with E-state index in [-0.39, 0.29) is 24.2 Å². The molecule has 2 fully saturated rings. The highest BCUT2D eigenvalue weighted by molar-refractivity contribution is 5.98. The van der Waals surface area contributed by atoms with Crippen LogP contribution in [0.5, 0.6) is 0 Å². The topological polar surface area (TPSA) is 54.6 Å². The van der Waals surface area contributed by atoms with Crippen molar-refractivity contribution in [1.29, 1.82) is 0 Å². The fourth-order valence-electron chi connectivity index (χ4n) is 3.97. The summed E-state index contributed by atoms with van der Waals surface area (Å²) in [6, 6.07) is 8.07. The normalized spacial score (nSPS) is 26.7. The molecule has 0 saturated carbocycles. The summed E-state index contributed by atoms with van der Waals surface area (Å²) in [6.45, 7) is 4.17. The minimum absolute atomic E-state index is 0.123. The largest absolute Gasteiger partial charge is 0.379 e. The van der Waals surface area contributed by atoms with E-state index >= 15 is 0 Å². The monoisotopic (exact) mass is 328 g/mol. The van der Waals surface area contributed by atoms with Crippen molar-refractivity contribution in [2.75, 3.05) is 19.8 Å². The lowest BCUT2D eigenvalue weighted by Gasteiger charge is -2.35. The third kappa shape index (κ3) is 2.82. The summed E-state index contributed by atoms with van der Waals surface area (Å²) in [4.78, 5) is 18.1. The van der Waals surface area contributed by atoms with E-state index in [4.69, 9.17) is 9.47 Å². The Hall–Kier alpha value is -1.85. The first kappa shape index (κ1) is 15.7. The quantitative estimate of drug-likeness (QED) is 0.939. The first-order valence-electron chi connectivity index (χ1n) is 8.87. The molecule has 3 heterocycles. The number of fused-ring (bicyclic) bond motifs is 2. The summed E-state index contributed by atoms with van der Waals surface area (Å²) >= 11 is 0. The Labute approximate surface area is 141 Å². The molecule has 0 radical (unpaired) electrons. The number of benzene rings is 1. The molecule has 1 aromatic heterocycles. The zero-order valence-electron chi connectivity index (χ0n) is 14.0. The van der Waals surface area contributed by atoms with E-state index in [1.165, 1.54) is 0 Å². The van der Waals surface area contributed by atoms with Crippen molar-refractivity contribution in [1.82, 2.24) is 9.88 Å². The number of aromatic amines is 1. The van der Waals surface area contributed by atoms with E-state index in [0.717, 1.165) is 48.9 Å². The molecular formula is C19H24N2O3. The lowest BCUT2D eigenvalue weighted by molar-refractivity contribution is -0.0951. The van der Waals surface area contributed by atoms with Gasteiger partial charge in [0.1, 0.15) is 0 Å². The van der Waals surface area contributed by atoms with Crippen molar-refractivity contribution in [2.24, 2.45) is 0 Å². The average Bonchev–Trinajstić information content (AvgIpc) is 3.24. The molecule has 1 N–H and O–H groups in total. The molecule has 2 saturated heterocycles. The van der Waals surface area contributed by atoms with Gasteiger partial charge in [-0.15, -0.1) is 0 Å². The fraction of sp³-hybridized carbons (Fsp3) is 0.526. The zero-order chi connectivity index (χ0) is 16.5. The fourth-order valence-corrected chi connectivity index (χ4v) is 3.97. The van der Waals surface area contributed by atoms with Gasteiger partial charge in [-0.3, -0.25) is 4.79 Å². The van der Waals surface area contributed by atoms with E-state index in [1.807, 2.05) is 42.3 Å². The highest BCUT2D eigenvalue weighted by atomic mass is 16.5. The van der Waals surface area contributed by atoms with Gasteiger partial charge in [0.15, 0.2) is 0 Å². The van der Waals surface area contributed by atoms with E-state index in [1.54, 1.807) is 0 Å². The SMILES string of the molecule is CCOC[C@H]1CCC2C(CCN2C(=O)c2ccc3[nH]ccc3c2)O1. The van der Waals surface area contributed by atoms with Gasteiger partial charge in [0.2, 0.25) is 0 Å². The highest BCUT2D eigenvalue weighted by Crippen LogP contribution is 2.32. The van der Waals surface area contributed by atoms with Crippen LogP contribution < -0.4 is 0 Å². The molecule has 4 rings (SSSR count). The van der Waals surface area contributed by atoms with E-state index in [2.05, 4.69) is 4.98 Å². The first-order chi connectivity index (χ1) is 11.8. The van der Waals surface area contributed by atoms with Gasteiger partial charge in [-0.25, -0.2) is 0 Å². The Morgan fingerprint density at radius 1 is 1.33 bits per heavy atom. The minimum atomic E-state index is 0.123. The molecule has 128 valence electrons. The van der Waals surface area contributed by atoms with Gasteiger partial charge in [-0.2, -0.15) is 0 Å². The molecule has 2 aliphatic heterocycles. The third-order valence-corrected chi connectivity index (χ3v) is 5.20. The molecule has 0 bridgehead atoms. The summed E-state index contributed by atoms with van der Waals surface area (Å²) in [5.41, 5.74) is 1.82. The molecule has 0 spiro atoms. The molecule has 5 nitrogen and oxygen atoms in total. The molecule has 1 amide bonds. The predicted octanol–water partition coefficient (Wildman–Crippen LogP) is 2.97. The second-order valence-electron chi connectivity index (χ2n) is 6.67. The van der Waals surface area contributed by atoms with Crippen LogP contribution >= 0.6 is 0 Å². The number of nitrogens with zero attached hydrogens (tertiary/aromatic N) is 1. The average molecular weight is 328 g/mol. The minimum Gasteiger partial charge on any atom is -0.379 e. The van der Waals surface area contributed by atoms with Crippen LogP contribution in [0.2, 0.25) is 0 Å². The van der Waals surface area contributed by atoms with Gasteiger partial charge in [0.05, 0.1) is 24.9 Å². The number of rotatable bonds is 4. The predicted molar refractivity (Wildman–Crippen MR) is 92.1 cm³/mol. The molecule has 24 heavy (non-hydrogen) atoms. The van der Waals surface area contributed by atoms with Crippen molar-refractivity contribution in [3.8, 4) is 0 Å². The molecule has 5 heteroatoms. The summed E-state index contributed by atoms with van der Waals surface area (Å²) in [5, 5.41) is 1.08. The summed E-state index contributed by atoms with van der Waals surface area (Å²) in [5.74, 6) is 0.123.